The minimum absolute atomic E-state index is 0.0807. The van der Waals surface area contributed by atoms with Crippen molar-refractivity contribution in [3.05, 3.63) is 94.7 Å². The lowest BCUT2D eigenvalue weighted by molar-refractivity contribution is -0.129. The van der Waals surface area contributed by atoms with Crippen LogP contribution in [0.25, 0.3) is 16.0 Å². The topological polar surface area (TPSA) is 102 Å². The van der Waals surface area contributed by atoms with Gasteiger partial charge in [0.2, 0.25) is 5.78 Å². The van der Waals surface area contributed by atoms with Gasteiger partial charge < -0.3 is 19.3 Å². The number of aromatic nitrogens is 4. The van der Waals surface area contributed by atoms with Crippen molar-refractivity contribution in [3.8, 4) is 5.75 Å². The number of benzene rings is 2. The maximum absolute atomic E-state index is 14.2. The highest BCUT2D eigenvalue weighted by molar-refractivity contribution is 7.19. The van der Waals surface area contributed by atoms with E-state index in [1.165, 1.54) is 11.3 Å². The second-order valence-corrected chi connectivity index (χ2v) is 10.8. The lowest BCUT2D eigenvalue weighted by atomic mass is 9.94. The Morgan fingerprint density at radius 2 is 2.00 bits per heavy atom. The van der Waals surface area contributed by atoms with E-state index < -0.39 is 17.7 Å². The van der Waals surface area contributed by atoms with Crippen molar-refractivity contribution in [2.75, 3.05) is 13.2 Å². The number of fused-ring (bicyclic) bond motifs is 3. The van der Waals surface area contributed by atoms with Crippen LogP contribution in [0.4, 0.5) is 0 Å². The Kier molecular flexibility index (Phi) is 6.85. The normalized spacial score (nSPS) is 15.6. The molecule has 1 N–H and O–H groups in total. The average Bonchev–Trinajstić information content (AvgIpc) is 3.73. The number of aliphatic hydroxyl groups excluding tert-OH is 1. The molecule has 0 radical (unpaired) electrons. The van der Waals surface area contributed by atoms with Crippen molar-refractivity contribution >= 4 is 39.0 Å². The molecule has 2 aromatic carbocycles. The lowest BCUT2D eigenvalue weighted by Gasteiger charge is -2.27. The van der Waals surface area contributed by atoms with Gasteiger partial charge in [-0.1, -0.05) is 42.5 Å². The largest absolute Gasteiger partial charge is 0.503 e. The second-order valence-electron chi connectivity index (χ2n) is 9.80. The summed E-state index contributed by atoms with van der Waals surface area (Å²) in [6, 6.07) is 14.4. The number of aryl methyl sites for hydroxylation is 2. The number of aliphatic hydroxyl groups is 1. The van der Waals surface area contributed by atoms with Crippen molar-refractivity contribution in [2.24, 2.45) is 0 Å². The summed E-state index contributed by atoms with van der Waals surface area (Å²) in [5.74, 6) is -0.776. The van der Waals surface area contributed by atoms with Crippen molar-refractivity contribution < 1.29 is 19.4 Å². The zero-order valence-electron chi connectivity index (χ0n) is 22.3. The number of hydrogen-bond acceptors (Lipinski definition) is 7. The van der Waals surface area contributed by atoms with Crippen LogP contribution < -0.4 is 4.74 Å². The maximum Gasteiger partial charge on any atom is 0.290 e. The third kappa shape index (κ3) is 4.44. The zero-order valence-corrected chi connectivity index (χ0v) is 23.1. The predicted octanol–water partition coefficient (Wildman–Crippen LogP) is 5.51. The van der Waals surface area contributed by atoms with Crippen molar-refractivity contribution in [3.63, 3.8) is 0 Å². The molecule has 1 atom stereocenters. The number of nitrogens with zero attached hydrogens (tertiary/aromatic N) is 5. The minimum Gasteiger partial charge on any atom is -0.503 e. The Hall–Kier alpha value is -4.44. The number of Topliss-reactive ketones (excluding diaryl/α,β-unsaturated/α-hetero) is 1. The van der Waals surface area contributed by atoms with Gasteiger partial charge in [-0.15, -0.1) is 0 Å². The number of para-hydroxylation sites is 2. The van der Waals surface area contributed by atoms with Crippen LogP contribution >= 0.6 is 11.3 Å². The molecule has 1 unspecified atom stereocenters. The first kappa shape index (κ1) is 25.8. The minimum atomic E-state index is -0.751. The van der Waals surface area contributed by atoms with Crippen molar-refractivity contribution in [1.29, 1.82) is 0 Å². The molecule has 3 aromatic heterocycles. The number of carbonyl (C=O) groups excluding carboxylic acids is 2. The van der Waals surface area contributed by atoms with E-state index in [2.05, 4.69) is 9.97 Å². The molecule has 9 nitrogen and oxygen atoms in total. The van der Waals surface area contributed by atoms with Gasteiger partial charge in [0, 0.05) is 31.2 Å². The van der Waals surface area contributed by atoms with Crippen LogP contribution in [0.5, 0.6) is 5.75 Å². The number of ketones is 1. The maximum atomic E-state index is 14.2. The third-order valence-electron chi connectivity index (χ3n) is 7.16. The number of imidazole rings is 2. The molecule has 1 aliphatic rings. The number of carbonyl (C=O) groups is 2. The first-order valence-corrected chi connectivity index (χ1v) is 14.1. The van der Waals surface area contributed by atoms with Gasteiger partial charge in [-0.25, -0.2) is 9.97 Å². The summed E-state index contributed by atoms with van der Waals surface area (Å²) in [7, 11) is 0. The summed E-state index contributed by atoms with van der Waals surface area (Å²) in [4.78, 5) is 39.2. The van der Waals surface area contributed by atoms with E-state index in [4.69, 9.17) is 4.74 Å². The molecule has 4 heterocycles. The summed E-state index contributed by atoms with van der Waals surface area (Å²) in [5, 5.41) is 11.2. The molecular weight excluding hydrogens is 526 g/mol. The average molecular weight is 556 g/mol. The van der Waals surface area contributed by atoms with Gasteiger partial charge in [0.1, 0.15) is 5.75 Å². The highest BCUT2D eigenvalue weighted by Gasteiger charge is 2.44. The molecule has 6 rings (SSSR count). The van der Waals surface area contributed by atoms with Crippen LogP contribution in [-0.2, 0) is 11.3 Å². The molecule has 10 heteroatoms. The fourth-order valence-corrected chi connectivity index (χ4v) is 6.39. The molecule has 0 aliphatic carbocycles. The predicted molar refractivity (Wildman–Crippen MR) is 153 cm³/mol. The van der Waals surface area contributed by atoms with E-state index in [1.54, 1.807) is 17.4 Å². The fourth-order valence-electron chi connectivity index (χ4n) is 5.30. The smallest absolute Gasteiger partial charge is 0.290 e. The van der Waals surface area contributed by atoms with Gasteiger partial charge in [0.25, 0.3) is 5.91 Å². The molecule has 0 bridgehead atoms. The lowest BCUT2D eigenvalue weighted by Crippen LogP contribution is -2.32. The Morgan fingerprint density at radius 1 is 1.15 bits per heavy atom. The van der Waals surface area contributed by atoms with Gasteiger partial charge in [-0.2, -0.15) is 0 Å². The van der Waals surface area contributed by atoms with E-state index in [-0.39, 0.29) is 11.4 Å². The second kappa shape index (κ2) is 10.6. The standard InChI is InChI=1S/C30H29N5O4S/c1-3-16-39-21-9-6-8-20(17-21)25-24(27(37)29(38)34(25)14-7-13-33-15-12-31-18-33)26(36)28-19(2)35-23-11-5-4-10-22(23)32-30(35)40-28/h4-6,8-12,15,17-18,25,37H,3,7,13-14,16H2,1-2H3. The number of ether oxygens (including phenoxy) is 1. The van der Waals surface area contributed by atoms with Crippen LogP contribution in [0.2, 0.25) is 0 Å². The zero-order chi connectivity index (χ0) is 27.8. The third-order valence-corrected chi connectivity index (χ3v) is 8.30. The summed E-state index contributed by atoms with van der Waals surface area (Å²) in [5.41, 5.74) is 3.27. The molecule has 0 saturated carbocycles. The Balaban J connectivity index is 1.39. The van der Waals surface area contributed by atoms with E-state index in [9.17, 15) is 14.7 Å². The van der Waals surface area contributed by atoms with E-state index >= 15 is 0 Å². The molecule has 0 saturated heterocycles. The van der Waals surface area contributed by atoms with Crippen LogP contribution in [0.1, 0.15) is 46.7 Å². The monoisotopic (exact) mass is 555 g/mol. The summed E-state index contributed by atoms with van der Waals surface area (Å²) in [6.07, 6.45) is 6.77. The Bertz CT molecular complexity index is 1750. The number of amides is 1. The van der Waals surface area contributed by atoms with Gasteiger partial charge in [-0.05, 0) is 49.6 Å². The SMILES string of the molecule is CCCOc1cccc(C2C(C(=O)c3sc4nc5ccccc5n4c3C)=C(O)C(=O)N2CCCn2ccnc2)c1. The molecule has 0 spiro atoms. The van der Waals surface area contributed by atoms with Crippen LogP contribution in [0.3, 0.4) is 0 Å². The Labute approximate surface area is 235 Å². The Morgan fingerprint density at radius 3 is 2.80 bits per heavy atom. The van der Waals surface area contributed by atoms with Gasteiger partial charge in [0.15, 0.2) is 10.7 Å². The number of thiazole rings is 1. The molecule has 1 amide bonds. The van der Waals surface area contributed by atoms with Crippen LogP contribution in [-0.4, -0.2) is 53.8 Å². The molecule has 1 aliphatic heterocycles. The molecular formula is C30H29N5O4S. The van der Waals surface area contributed by atoms with Crippen molar-refractivity contribution in [2.45, 2.75) is 39.3 Å². The molecule has 5 aromatic rings. The van der Waals surface area contributed by atoms with Gasteiger partial charge in [-0.3, -0.25) is 14.0 Å². The fraction of sp³-hybridized carbons (Fsp3) is 0.267. The highest BCUT2D eigenvalue weighted by Crippen LogP contribution is 2.41. The first-order chi connectivity index (χ1) is 19.5. The van der Waals surface area contributed by atoms with Crippen LogP contribution in [0.15, 0.2) is 78.6 Å². The first-order valence-electron chi connectivity index (χ1n) is 13.3. The summed E-state index contributed by atoms with van der Waals surface area (Å²) >= 11 is 1.27. The molecule has 204 valence electrons. The summed E-state index contributed by atoms with van der Waals surface area (Å²) in [6.45, 7) is 5.45. The van der Waals surface area contributed by atoms with Crippen molar-refractivity contribution in [1.82, 2.24) is 23.8 Å². The van der Waals surface area contributed by atoms with Gasteiger partial charge in [0.05, 0.1) is 40.5 Å². The van der Waals surface area contributed by atoms with E-state index in [0.717, 1.165) is 23.1 Å². The quantitative estimate of drug-likeness (QED) is 0.228. The highest BCUT2D eigenvalue weighted by atomic mass is 32.1. The number of hydrogen-bond donors (Lipinski definition) is 1. The van der Waals surface area contributed by atoms with Crippen LogP contribution in [0, 0.1) is 6.92 Å². The molecule has 40 heavy (non-hydrogen) atoms. The van der Waals surface area contributed by atoms with E-state index in [1.807, 2.05) is 77.5 Å². The molecule has 0 fully saturated rings. The summed E-state index contributed by atoms with van der Waals surface area (Å²) < 4.78 is 9.75. The number of rotatable bonds is 10. The van der Waals surface area contributed by atoms with E-state index in [0.29, 0.717) is 47.3 Å². The van der Waals surface area contributed by atoms with Gasteiger partial charge >= 0.3 is 0 Å².